The van der Waals surface area contributed by atoms with E-state index in [1.165, 1.54) is 12.1 Å². The molecular weight excluding hydrogens is 253 g/mol. The first-order valence-electron chi connectivity index (χ1n) is 6.18. The Hall–Kier alpha value is -0.930. The Morgan fingerprint density at radius 3 is 2.72 bits per heavy atom. The largest absolute Gasteiger partial charge is 0.315 e. The summed E-state index contributed by atoms with van der Waals surface area (Å²) in [7, 11) is 0. The minimum absolute atomic E-state index is 0.0661. The third-order valence-electron chi connectivity index (χ3n) is 3.62. The van der Waals surface area contributed by atoms with E-state index in [2.05, 4.69) is 5.32 Å². The quantitative estimate of drug-likeness (QED) is 0.914. The van der Waals surface area contributed by atoms with Gasteiger partial charge in [0.15, 0.2) is 0 Å². The molecule has 4 heteroatoms. The van der Waals surface area contributed by atoms with Gasteiger partial charge in [0.25, 0.3) is 0 Å². The fourth-order valence-electron chi connectivity index (χ4n) is 2.64. The molecular formula is C14H17ClFNO. The van der Waals surface area contributed by atoms with Gasteiger partial charge in [0.05, 0.1) is 10.4 Å². The standard InChI is InChI=1S/C14H17ClFNO/c1-9(2)13(18)14(5-6-17-8-14)10-3-4-11(15)12(16)7-10/h3-4,7,9,17H,5-6,8H2,1-2H3. The zero-order chi connectivity index (χ0) is 13.3. The van der Waals surface area contributed by atoms with E-state index in [1.54, 1.807) is 6.07 Å². The van der Waals surface area contributed by atoms with Gasteiger partial charge >= 0.3 is 0 Å². The van der Waals surface area contributed by atoms with Gasteiger partial charge in [0.2, 0.25) is 0 Å². The van der Waals surface area contributed by atoms with Crippen LogP contribution in [0.1, 0.15) is 25.8 Å². The van der Waals surface area contributed by atoms with Crippen LogP contribution in [0.2, 0.25) is 5.02 Å². The van der Waals surface area contributed by atoms with Crippen molar-refractivity contribution in [1.29, 1.82) is 0 Å². The van der Waals surface area contributed by atoms with E-state index in [1.807, 2.05) is 13.8 Å². The molecule has 0 saturated carbocycles. The Balaban J connectivity index is 2.47. The van der Waals surface area contributed by atoms with E-state index < -0.39 is 11.2 Å². The van der Waals surface area contributed by atoms with E-state index in [0.717, 1.165) is 12.1 Å². The van der Waals surface area contributed by atoms with Gasteiger partial charge in [-0.15, -0.1) is 0 Å². The summed E-state index contributed by atoms with van der Waals surface area (Å²) in [6.07, 6.45) is 0.713. The molecule has 1 N–H and O–H groups in total. The second-order valence-corrected chi connectivity index (χ2v) is 5.56. The second kappa shape index (κ2) is 4.98. The minimum atomic E-state index is -0.598. The molecule has 1 aliphatic rings. The van der Waals surface area contributed by atoms with Crippen LogP contribution >= 0.6 is 11.6 Å². The molecule has 0 bridgehead atoms. The molecule has 1 aliphatic heterocycles. The fraction of sp³-hybridized carbons (Fsp3) is 0.500. The molecule has 1 heterocycles. The summed E-state index contributed by atoms with van der Waals surface area (Å²) >= 11 is 5.70. The average molecular weight is 270 g/mol. The minimum Gasteiger partial charge on any atom is -0.315 e. The van der Waals surface area contributed by atoms with Gasteiger partial charge in [-0.2, -0.15) is 0 Å². The highest BCUT2D eigenvalue weighted by molar-refractivity contribution is 6.30. The van der Waals surface area contributed by atoms with Crippen LogP contribution in [0, 0.1) is 11.7 Å². The summed E-state index contributed by atoms with van der Waals surface area (Å²) in [5.41, 5.74) is 0.132. The van der Waals surface area contributed by atoms with Gasteiger partial charge < -0.3 is 5.32 Å². The molecule has 0 aliphatic carbocycles. The van der Waals surface area contributed by atoms with E-state index in [9.17, 15) is 9.18 Å². The lowest BCUT2D eigenvalue weighted by Gasteiger charge is -2.29. The maximum Gasteiger partial charge on any atom is 0.147 e. The van der Waals surface area contributed by atoms with Crippen molar-refractivity contribution < 1.29 is 9.18 Å². The lowest BCUT2D eigenvalue weighted by molar-refractivity contribution is -0.127. The fourth-order valence-corrected chi connectivity index (χ4v) is 2.75. The van der Waals surface area contributed by atoms with E-state index in [-0.39, 0.29) is 16.7 Å². The van der Waals surface area contributed by atoms with Crippen molar-refractivity contribution in [2.24, 2.45) is 5.92 Å². The molecule has 0 aromatic heterocycles. The molecule has 0 radical (unpaired) electrons. The van der Waals surface area contributed by atoms with Crippen LogP contribution in [0.4, 0.5) is 4.39 Å². The Morgan fingerprint density at radius 2 is 2.22 bits per heavy atom. The maximum absolute atomic E-state index is 13.6. The number of rotatable bonds is 3. The van der Waals surface area contributed by atoms with Crippen molar-refractivity contribution in [1.82, 2.24) is 5.32 Å². The van der Waals surface area contributed by atoms with Crippen LogP contribution in [0.15, 0.2) is 18.2 Å². The van der Waals surface area contributed by atoms with Crippen LogP contribution in [-0.4, -0.2) is 18.9 Å². The molecule has 18 heavy (non-hydrogen) atoms. The van der Waals surface area contributed by atoms with Crippen molar-refractivity contribution in [3.05, 3.63) is 34.6 Å². The highest BCUT2D eigenvalue weighted by Gasteiger charge is 2.43. The van der Waals surface area contributed by atoms with Crippen LogP contribution in [0.25, 0.3) is 0 Å². The summed E-state index contributed by atoms with van der Waals surface area (Å²) in [6, 6.07) is 4.69. The normalized spacial score (nSPS) is 23.6. The second-order valence-electron chi connectivity index (χ2n) is 5.16. The molecule has 2 nitrogen and oxygen atoms in total. The predicted octanol–water partition coefficient (Wildman–Crippen LogP) is 2.94. The van der Waals surface area contributed by atoms with Crippen molar-refractivity contribution in [2.75, 3.05) is 13.1 Å². The number of hydrogen-bond donors (Lipinski definition) is 1. The SMILES string of the molecule is CC(C)C(=O)C1(c2ccc(Cl)c(F)c2)CCNC1. The molecule has 0 spiro atoms. The number of hydrogen-bond acceptors (Lipinski definition) is 2. The summed E-state index contributed by atoms with van der Waals surface area (Å²) in [6.45, 7) is 5.12. The predicted molar refractivity (Wildman–Crippen MR) is 70.4 cm³/mol. The van der Waals surface area contributed by atoms with E-state index in [4.69, 9.17) is 11.6 Å². The first-order valence-corrected chi connectivity index (χ1v) is 6.56. The van der Waals surface area contributed by atoms with Gasteiger partial charge in [-0.3, -0.25) is 4.79 Å². The summed E-state index contributed by atoms with van der Waals surface area (Å²) in [5.74, 6) is -0.366. The van der Waals surface area contributed by atoms with Gasteiger partial charge in [-0.05, 0) is 30.7 Å². The van der Waals surface area contributed by atoms with E-state index >= 15 is 0 Å². The van der Waals surface area contributed by atoms with Crippen molar-refractivity contribution in [3.63, 3.8) is 0 Å². The number of ketones is 1. The lowest BCUT2D eigenvalue weighted by Crippen LogP contribution is -2.40. The van der Waals surface area contributed by atoms with Crippen molar-refractivity contribution in [2.45, 2.75) is 25.7 Å². The molecule has 1 unspecified atom stereocenters. The Labute approximate surface area is 112 Å². The number of carbonyl (C=O) groups is 1. The molecule has 0 amide bonds. The summed E-state index contributed by atoms with van der Waals surface area (Å²) < 4.78 is 13.6. The molecule has 1 saturated heterocycles. The molecule has 1 atom stereocenters. The third kappa shape index (κ3) is 2.17. The Bertz CT molecular complexity index is 467. The maximum atomic E-state index is 13.6. The van der Waals surface area contributed by atoms with Gasteiger partial charge in [0, 0.05) is 12.5 Å². The van der Waals surface area contributed by atoms with Crippen LogP contribution < -0.4 is 5.32 Å². The Kier molecular flexibility index (Phi) is 3.74. The first kappa shape index (κ1) is 13.5. The van der Waals surface area contributed by atoms with Gasteiger partial charge in [-0.25, -0.2) is 4.39 Å². The number of halogens is 2. The summed E-state index contributed by atoms with van der Waals surface area (Å²) in [5, 5.41) is 3.30. The number of nitrogens with one attached hydrogen (secondary N) is 1. The van der Waals surface area contributed by atoms with E-state index in [0.29, 0.717) is 13.0 Å². The summed E-state index contributed by atoms with van der Waals surface area (Å²) in [4.78, 5) is 12.5. The molecule has 98 valence electrons. The Morgan fingerprint density at radius 1 is 1.50 bits per heavy atom. The number of benzene rings is 1. The molecule has 1 aromatic rings. The van der Waals surface area contributed by atoms with Crippen molar-refractivity contribution >= 4 is 17.4 Å². The highest BCUT2D eigenvalue weighted by Crippen LogP contribution is 2.35. The van der Waals surface area contributed by atoms with Gasteiger partial charge in [0.1, 0.15) is 11.6 Å². The smallest absolute Gasteiger partial charge is 0.147 e. The highest BCUT2D eigenvalue weighted by atomic mass is 35.5. The zero-order valence-electron chi connectivity index (χ0n) is 10.6. The van der Waals surface area contributed by atoms with Gasteiger partial charge in [-0.1, -0.05) is 31.5 Å². The third-order valence-corrected chi connectivity index (χ3v) is 3.93. The molecule has 2 rings (SSSR count). The van der Waals surface area contributed by atoms with Crippen LogP contribution in [0.5, 0.6) is 0 Å². The zero-order valence-corrected chi connectivity index (χ0v) is 11.4. The van der Waals surface area contributed by atoms with Crippen LogP contribution in [0.3, 0.4) is 0 Å². The average Bonchev–Trinajstić information content (AvgIpc) is 2.82. The first-order chi connectivity index (χ1) is 8.47. The lowest BCUT2D eigenvalue weighted by atomic mass is 9.72. The number of carbonyl (C=O) groups excluding carboxylic acids is 1. The van der Waals surface area contributed by atoms with Crippen LogP contribution in [-0.2, 0) is 10.2 Å². The molecule has 1 aromatic carbocycles. The monoisotopic (exact) mass is 269 g/mol. The number of Topliss-reactive ketones (excluding diaryl/α,β-unsaturated/α-hetero) is 1. The molecule has 1 fully saturated rings. The van der Waals surface area contributed by atoms with Crippen molar-refractivity contribution in [3.8, 4) is 0 Å². The topological polar surface area (TPSA) is 29.1 Å².